The number of piperidine rings is 1. The van der Waals surface area contributed by atoms with E-state index < -0.39 is 12.0 Å². The highest BCUT2D eigenvalue weighted by atomic mass is 35.5. The van der Waals surface area contributed by atoms with Crippen molar-refractivity contribution in [1.29, 1.82) is 0 Å². The third-order valence-electron chi connectivity index (χ3n) is 6.95. The number of nitrogens with one attached hydrogen (secondary N) is 2. The number of fused-ring (bicyclic) bond motifs is 2. The summed E-state index contributed by atoms with van der Waals surface area (Å²) in [5.74, 6) is -0.225. The molecule has 182 valence electrons. The third-order valence-corrected chi connectivity index (χ3v) is 6.95. The second kappa shape index (κ2) is 11.8. The lowest BCUT2D eigenvalue weighted by Crippen LogP contribution is -2.55. The number of halogens is 3. The van der Waals surface area contributed by atoms with Gasteiger partial charge in [0, 0.05) is 5.88 Å². The minimum atomic E-state index is -2.81. The number of hydrogen-bond acceptors (Lipinski definition) is 2. The van der Waals surface area contributed by atoms with Gasteiger partial charge in [0.05, 0.1) is 12.6 Å². The first-order chi connectivity index (χ1) is 15.1. The van der Waals surface area contributed by atoms with Gasteiger partial charge in [0.15, 0.2) is 0 Å². The molecular formula is C26H41ClF2N2O. The highest BCUT2D eigenvalue weighted by Gasteiger charge is 2.48. The maximum Gasteiger partial charge on any atom is 0.280 e. The van der Waals surface area contributed by atoms with Gasteiger partial charge in [-0.2, -0.15) is 0 Å². The molecule has 3 nitrogen and oxygen atoms in total. The molecule has 2 aliphatic carbocycles. The lowest BCUT2D eigenvalue weighted by Gasteiger charge is -2.54. The zero-order valence-electron chi connectivity index (χ0n) is 20.1. The van der Waals surface area contributed by atoms with Crippen molar-refractivity contribution in [2.75, 3.05) is 19.0 Å². The molecule has 0 radical (unpaired) electrons. The first-order valence-corrected chi connectivity index (χ1v) is 12.5. The summed E-state index contributed by atoms with van der Waals surface area (Å²) in [6.45, 7) is 9.49. The Bertz CT molecular complexity index is 696. The van der Waals surface area contributed by atoms with E-state index in [1.165, 1.54) is 32.1 Å². The molecule has 1 aromatic rings. The van der Waals surface area contributed by atoms with Gasteiger partial charge in [-0.3, -0.25) is 4.79 Å². The Kier molecular flexibility index (Phi) is 9.96. The van der Waals surface area contributed by atoms with E-state index in [0.29, 0.717) is 23.8 Å². The Hall–Kier alpha value is -1.20. The van der Waals surface area contributed by atoms with Crippen LogP contribution in [0.3, 0.4) is 0 Å². The van der Waals surface area contributed by atoms with Crippen LogP contribution < -0.4 is 10.6 Å². The zero-order chi connectivity index (χ0) is 23.8. The van der Waals surface area contributed by atoms with Gasteiger partial charge in [-0.15, -0.1) is 11.6 Å². The molecule has 2 bridgehead atoms. The fraction of sp³-hybridized carbons (Fsp3) is 0.731. The average Bonchev–Trinajstić information content (AvgIpc) is 2.69. The molecule has 1 amide bonds. The molecule has 2 N–H and O–H groups in total. The molecule has 2 saturated carbocycles. The van der Waals surface area contributed by atoms with Crippen LogP contribution in [0.15, 0.2) is 30.3 Å². The largest absolute Gasteiger partial charge is 0.350 e. The monoisotopic (exact) mass is 470 g/mol. The van der Waals surface area contributed by atoms with E-state index in [1.807, 2.05) is 6.92 Å². The van der Waals surface area contributed by atoms with E-state index in [1.54, 1.807) is 5.56 Å². The lowest BCUT2D eigenvalue weighted by atomic mass is 9.51. The molecule has 0 aromatic heterocycles. The molecule has 3 fully saturated rings. The van der Waals surface area contributed by atoms with Crippen molar-refractivity contribution in [2.24, 2.45) is 17.3 Å². The molecule has 1 saturated heterocycles. The number of carbonyl (C=O) groups is 1. The summed E-state index contributed by atoms with van der Waals surface area (Å²) in [5.41, 5.74) is 2.61. The first kappa shape index (κ1) is 27.0. The van der Waals surface area contributed by atoms with E-state index in [2.05, 4.69) is 61.7 Å². The average molecular weight is 471 g/mol. The highest BCUT2D eigenvalue weighted by Crippen LogP contribution is 2.57. The molecule has 1 heterocycles. The summed E-state index contributed by atoms with van der Waals surface area (Å²) in [7, 11) is 0. The Balaban J connectivity index is 0.000000222. The third kappa shape index (κ3) is 7.41. The summed E-state index contributed by atoms with van der Waals surface area (Å²) in [6, 6.07) is 10.3. The Morgan fingerprint density at radius 1 is 1.19 bits per heavy atom. The van der Waals surface area contributed by atoms with E-state index in [-0.39, 0.29) is 13.0 Å². The van der Waals surface area contributed by atoms with Gasteiger partial charge in [-0.25, -0.2) is 8.78 Å². The molecular weight excluding hydrogens is 430 g/mol. The van der Waals surface area contributed by atoms with Crippen molar-refractivity contribution in [2.45, 2.75) is 83.6 Å². The zero-order valence-corrected chi connectivity index (χ0v) is 20.9. The Labute approximate surface area is 198 Å². The number of alkyl halides is 3. The van der Waals surface area contributed by atoms with Gasteiger partial charge in [-0.05, 0) is 73.3 Å². The highest BCUT2D eigenvalue weighted by molar-refractivity contribution is 6.17. The smallest absolute Gasteiger partial charge is 0.280 e. The molecule has 1 aromatic carbocycles. The van der Waals surface area contributed by atoms with Gasteiger partial charge >= 0.3 is 0 Å². The Morgan fingerprint density at radius 2 is 1.84 bits per heavy atom. The van der Waals surface area contributed by atoms with Crippen LogP contribution in [0.5, 0.6) is 0 Å². The van der Waals surface area contributed by atoms with Crippen molar-refractivity contribution in [3.63, 3.8) is 0 Å². The van der Waals surface area contributed by atoms with Gasteiger partial charge in [0.25, 0.3) is 5.92 Å². The molecule has 1 aliphatic heterocycles. The van der Waals surface area contributed by atoms with Crippen LogP contribution in [0.4, 0.5) is 8.78 Å². The van der Waals surface area contributed by atoms with Gasteiger partial charge in [-0.1, -0.05) is 58.0 Å². The molecule has 0 spiro atoms. The van der Waals surface area contributed by atoms with Crippen LogP contribution in [0.2, 0.25) is 0 Å². The number of amides is 1. The Morgan fingerprint density at radius 3 is 2.44 bits per heavy atom. The van der Waals surface area contributed by atoms with Crippen LogP contribution in [0.25, 0.3) is 0 Å². The van der Waals surface area contributed by atoms with E-state index >= 15 is 0 Å². The van der Waals surface area contributed by atoms with Crippen molar-refractivity contribution in [3.05, 3.63) is 35.9 Å². The maximum atomic E-state index is 12.8. The van der Waals surface area contributed by atoms with Crippen LogP contribution in [-0.4, -0.2) is 37.3 Å². The van der Waals surface area contributed by atoms with Crippen molar-refractivity contribution >= 4 is 18.0 Å². The second-order valence-corrected chi connectivity index (χ2v) is 11.2. The molecule has 6 heteroatoms. The topological polar surface area (TPSA) is 41.1 Å². The number of carbonyl (C=O) groups excluding carboxylic acids is 1. The molecule has 4 unspecified atom stereocenters. The predicted molar refractivity (Wildman–Crippen MR) is 129 cm³/mol. The second-order valence-electron chi connectivity index (χ2n) is 10.6. The number of hydrogen-bond donors (Lipinski definition) is 2. The van der Waals surface area contributed by atoms with Crippen molar-refractivity contribution in [1.82, 2.24) is 10.6 Å². The standard InChI is InChI=1S/C18H26.C6H10F2N2O.C2H5Cl/c1-14-9-15-11-17(2,3)13-18(10-14,12-15)16-7-5-4-6-8-16;7-6(8)3-9-2-1-5(6)10-4-11;1-2-3/h4-8,14-15H,9-13H2,1-3H3;4-5,9H,1-3H2,(H,10,11);2H2,1H3. The fourth-order valence-corrected chi connectivity index (χ4v) is 6.36. The molecule has 4 atom stereocenters. The minimum Gasteiger partial charge on any atom is -0.350 e. The SMILES string of the molecule is CC1CC2CC(C)(C)CC(c3ccccc3)(C1)C2.CCCl.O=CNC1CCNCC1(F)F. The number of benzene rings is 1. The minimum absolute atomic E-state index is 0.283. The summed E-state index contributed by atoms with van der Waals surface area (Å²) in [4.78, 5) is 9.90. The van der Waals surface area contributed by atoms with Crippen molar-refractivity contribution in [3.8, 4) is 0 Å². The summed E-state index contributed by atoms with van der Waals surface area (Å²) < 4.78 is 25.5. The molecule has 3 aliphatic rings. The fourth-order valence-electron chi connectivity index (χ4n) is 6.36. The van der Waals surface area contributed by atoms with E-state index in [9.17, 15) is 13.6 Å². The molecule has 4 rings (SSSR count). The van der Waals surface area contributed by atoms with E-state index in [0.717, 1.165) is 17.7 Å². The van der Waals surface area contributed by atoms with Gasteiger partial charge < -0.3 is 10.6 Å². The van der Waals surface area contributed by atoms with E-state index in [4.69, 9.17) is 11.6 Å². The maximum absolute atomic E-state index is 12.8. The first-order valence-electron chi connectivity index (χ1n) is 12.0. The van der Waals surface area contributed by atoms with Crippen LogP contribution in [0, 0.1) is 17.3 Å². The lowest BCUT2D eigenvalue weighted by molar-refractivity contribution is -0.115. The van der Waals surface area contributed by atoms with Gasteiger partial charge in [0.1, 0.15) is 0 Å². The molecule has 32 heavy (non-hydrogen) atoms. The summed E-state index contributed by atoms with van der Waals surface area (Å²) >= 11 is 5.00. The van der Waals surface area contributed by atoms with Crippen LogP contribution in [0.1, 0.15) is 71.8 Å². The normalized spacial score (nSPS) is 32.3. The van der Waals surface area contributed by atoms with Crippen LogP contribution in [-0.2, 0) is 10.2 Å². The number of rotatable bonds is 3. The summed E-state index contributed by atoms with van der Waals surface area (Å²) in [5, 5.41) is 4.66. The van der Waals surface area contributed by atoms with Crippen LogP contribution >= 0.6 is 11.6 Å². The predicted octanol–water partition coefficient (Wildman–Crippen LogP) is 6.16. The van der Waals surface area contributed by atoms with Crippen molar-refractivity contribution < 1.29 is 13.6 Å². The quantitative estimate of drug-likeness (QED) is 0.410. The van der Waals surface area contributed by atoms with Gasteiger partial charge in [0.2, 0.25) is 6.41 Å². The summed E-state index contributed by atoms with van der Waals surface area (Å²) in [6.07, 6.45) is 7.71.